The van der Waals surface area contributed by atoms with Gasteiger partial charge in [-0.25, -0.2) is 0 Å². The maximum absolute atomic E-state index is 7.35. The van der Waals surface area contributed by atoms with E-state index in [4.69, 9.17) is 27.2 Å². The van der Waals surface area contributed by atoms with E-state index in [0.717, 1.165) is 15.6 Å². The third-order valence-electron chi connectivity index (χ3n) is 2.27. The van der Waals surface area contributed by atoms with Crippen molar-refractivity contribution in [1.29, 1.82) is 5.41 Å². The van der Waals surface area contributed by atoms with Crippen LogP contribution in [0.3, 0.4) is 0 Å². The number of aryl methyl sites for hydroxylation is 1. The standard InChI is InChI=1S/C12H11ClN2OS/c1-7-11(4-5-16-7)17-8-2-3-9(12(14)15)10(13)6-8/h2-6H,1H3,(H3,14,15). The Morgan fingerprint density at radius 1 is 1.41 bits per heavy atom. The SMILES string of the molecule is Cc1occc1Sc1ccc(C(=N)N)c(Cl)c1. The summed E-state index contributed by atoms with van der Waals surface area (Å²) in [7, 11) is 0. The average Bonchev–Trinajstić information content (AvgIpc) is 2.64. The summed E-state index contributed by atoms with van der Waals surface area (Å²) in [4.78, 5) is 2.04. The third-order valence-corrected chi connectivity index (χ3v) is 3.72. The van der Waals surface area contributed by atoms with Crippen molar-refractivity contribution in [2.45, 2.75) is 16.7 Å². The first-order chi connectivity index (χ1) is 8.08. The Hall–Kier alpha value is -1.39. The van der Waals surface area contributed by atoms with Gasteiger partial charge in [0.05, 0.1) is 16.2 Å². The molecule has 0 aliphatic rings. The van der Waals surface area contributed by atoms with Gasteiger partial charge in [-0.2, -0.15) is 0 Å². The summed E-state index contributed by atoms with van der Waals surface area (Å²) in [5.74, 6) is 0.854. The molecule has 1 aromatic carbocycles. The Morgan fingerprint density at radius 2 is 2.18 bits per heavy atom. The Balaban J connectivity index is 2.27. The van der Waals surface area contributed by atoms with Gasteiger partial charge in [0.1, 0.15) is 11.6 Å². The molecule has 0 radical (unpaired) electrons. The molecule has 0 saturated carbocycles. The van der Waals surface area contributed by atoms with Crippen LogP contribution in [0.4, 0.5) is 0 Å². The zero-order chi connectivity index (χ0) is 12.4. The maximum atomic E-state index is 7.35. The predicted octanol–water partition coefficient (Wildman–Crippen LogP) is 3.68. The molecule has 0 saturated heterocycles. The number of halogens is 1. The number of hydrogen-bond acceptors (Lipinski definition) is 3. The summed E-state index contributed by atoms with van der Waals surface area (Å²) in [6, 6.07) is 7.35. The highest BCUT2D eigenvalue weighted by molar-refractivity contribution is 7.99. The van der Waals surface area contributed by atoms with Crippen LogP contribution in [0.5, 0.6) is 0 Å². The maximum Gasteiger partial charge on any atom is 0.124 e. The number of nitrogen functional groups attached to an aromatic ring is 1. The number of nitrogens with one attached hydrogen (secondary N) is 1. The minimum atomic E-state index is -0.0222. The molecule has 88 valence electrons. The minimum Gasteiger partial charge on any atom is -0.468 e. The van der Waals surface area contributed by atoms with Crippen LogP contribution in [0.1, 0.15) is 11.3 Å². The molecule has 0 atom stereocenters. The molecule has 3 N–H and O–H groups in total. The first-order valence-electron chi connectivity index (χ1n) is 4.94. The van der Waals surface area contributed by atoms with Crippen LogP contribution in [0, 0.1) is 12.3 Å². The Morgan fingerprint density at radius 3 is 2.71 bits per heavy atom. The Bertz CT molecular complexity index is 565. The summed E-state index contributed by atoms with van der Waals surface area (Å²) in [5, 5.41) is 7.84. The van der Waals surface area contributed by atoms with Gasteiger partial charge in [0.15, 0.2) is 0 Å². The quantitative estimate of drug-likeness (QED) is 0.658. The lowest BCUT2D eigenvalue weighted by Crippen LogP contribution is -2.11. The summed E-state index contributed by atoms with van der Waals surface area (Å²) in [6.07, 6.45) is 1.66. The van der Waals surface area contributed by atoms with E-state index in [0.29, 0.717) is 10.6 Å². The fourth-order valence-corrected chi connectivity index (χ4v) is 2.61. The summed E-state index contributed by atoms with van der Waals surface area (Å²) < 4.78 is 5.22. The highest BCUT2D eigenvalue weighted by Crippen LogP contribution is 2.33. The van der Waals surface area contributed by atoms with Crippen molar-refractivity contribution in [2.24, 2.45) is 5.73 Å². The molecule has 1 aromatic heterocycles. The second kappa shape index (κ2) is 4.85. The summed E-state index contributed by atoms with van der Waals surface area (Å²) in [5.41, 5.74) is 5.96. The molecule has 0 fully saturated rings. The lowest BCUT2D eigenvalue weighted by molar-refractivity contribution is 0.527. The smallest absolute Gasteiger partial charge is 0.124 e. The fraction of sp³-hybridized carbons (Fsp3) is 0.0833. The van der Waals surface area contributed by atoms with E-state index < -0.39 is 0 Å². The second-order valence-corrected chi connectivity index (χ2v) is 5.02. The van der Waals surface area contributed by atoms with E-state index >= 15 is 0 Å². The van der Waals surface area contributed by atoms with E-state index in [1.807, 2.05) is 19.1 Å². The monoisotopic (exact) mass is 266 g/mol. The van der Waals surface area contributed by atoms with Gasteiger partial charge in [0, 0.05) is 10.5 Å². The fourth-order valence-electron chi connectivity index (χ4n) is 1.38. The van der Waals surface area contributed by atoms with Crippen molar-refractivity contribution in [2.75, 3.05) is 0 Å². The number of benzene rings is 1. The summed E-state index contributed by atoms with van der Waals surface area (Å²) in [6.45, 7) is 1.91. The van der Waals surface area contributed by atoms with Gasteiger partial charge < -0.3 is 10.2 Å². The van der Waals surface area contributed by atoms with E-state index in [1.165, 1.54) is 0 Å². The summed E-state index contributed by atoms with van der Waals surface area (Å²) >= 11 is 7.61. The number of rotatable bonds is 3. The Labute approximate surface area is 108 Å². The molecule has 2 aromatic rings. The lowest BCUT2D eigenvalue weighted by atomic mass is 10.2. The van der Waals surface area contributed by atoms with Crippen LogP contribution in [0.25, 0.3) is 0 Å². The van der Waals surface area contributed by atoms with Crippen molar-refractivity contribution in [3.8, 4) is 0 Å². The molecule has 5 heteroatoms. The van der Waals surface area contributed by atoms with Gasteiger partial charge in [-0.3, -0.25) is 5.41 Å². The van der Waals surface area contributed by atoms with Gasteiger partial charge in [0.2, 0.25) is 0 Å². The predicted molar refractivity (Wildman–Crippen MR) is 70.0 cm³/mol. The highest BCUT2D eigenvalue weighted by Gasteiger charge is 2.07. The van der Waals surface area contributed by atoms with Crippen molar-refractivity contribution < 1.29 is 4.42 Å². The molecule has 0 amide bonds. The topological polar surface area (TPSA) is 63.0 Å². The molecular formula is C12H11ClN2OS. The molecule has 0 aliphatic heterocycles. The number of amidine groups is 1. The first-order valence-corrected chi connectivity index (χ1v) is 6.13. The molecule has 3 nitrogen and oxygen atoms in total. The molecule has 2 rings (SSSR count). The normalized spacial score (nSPS) is 10.5. The van der Waals surface area contributed by atoms with E-state index in [-0.39, 0.29) is 5.84 Å². The van der Waals surface area contributed by atoms with Gasteiger partial charge in [-0.1, -0.05) is 23.4 Å². The second-order valence-electron chi connectivity index (χ2n) is 3.50. The van der Waals surface area contributed by atoms with Crippen LogP contribution in [0.15, 0.2) is 44.7 Å². The first kappa shape index (κ1) is 12.1. The van der Waals surface area contributed by atoms with Gasteiger partial charge in [-0.05, 0) is 31.2 Å². The largest absolute Gasteiger partial charge is 0.468 e. The number of nitrogens with two attached hydrogens (primary N) is 1. The van der Waals surface area contributed by atoms with Crippen LogP contribution in [0.2, 0.25) is 5.02 Å². The Kier molecular flexibility index (Phi) is 3.45. The van der Waals surface area contributed by atoms with E-state index in [2.05, 4.69) is 0 Å². The van der Waals surface area contributed by atoms with E-state index in [1.54, 1.807) is 30.2 Å². The molecule has 1 heterocycles. The van der Waals surface area contributed by atoms with Crippen LogP contribution < -0.4 is 5.73 Å². The molecule has 0 aliphatic carbocycles. The molecule has 0 bridgehead atoms. The number of hydrogen-bond donors (Lipinski definition) is 2. The van der Waals surface area contributed by atoms with Crippen LogP contribution in [-0.4, -0.2) is 5.84 Å². The number of furan rings is 1. The molecule has 17 heavy (non-hydrogen) atoms. The van der Waals surface area contributed by atoms with Crippen molar-refractivity contribution in [3.63, 3.8) is 0 Å². The van der Waals surface area contributed by atoms with Gasteiger partial charge >= 0.3 is 0 Å². The zero-order valence-electron chi connectivity index (χ0n) is 9.16. The van der Waals surface area contributed by atoms with Crippen LogP contribution in [-0.2, 0) is 0 Å². The molecule has 0 spiro atoms. The lowest BCUT2D eigenvalue weighted by Gasteiger charge is -2.05. The van der Waals surface area contributed by atoms with Gasteiger partial charge in [0.25, 0.3) is 0 Å². The zero-order valence-corrected chi connectivity index (χ0v) is 10.7. The van der Waals surface area contributed by atoms with Gasteiger partial charge in [-0.15, -0.1) is 0 Å². The molecular weight excluding hydrogens is 256 g/mol. The van der Waals surface area contributed by atoms with Crippen LogP contribution >= 0.6 is 23.4 Å². The highest BCUT2D eigenvalue weighted by atomic mass is 35.5. The van der Waals surface area contributed by atoms with E-state index in [9.17, 15) is 0 Å². The van der Waals surface area contributed by atoms with Crippen molar-refractivity contribution >= 4 is 29.2 Å². The molecule has 0 unspecified atom stereocenters. The minimum absolute atomic E-state index is 0.0222. The van der Waals surface area contributed by atoms with Crippen molar-refractivity contribution in [1.82, 2.24) is 0 Å². The average molecular weight is 267 g/mol. The van der Waals surface area contributed by atoms with Crippen molar-refractivity contribution in [3.05, 3.63) is 46.9 Å². The third kappa shape index (κ3) is 2.65.